The molecule has 4 aromatic rings. The topological polar surface area (TPSA) is 35.5 Å². The third-order valence-corrected chi connectivity index (χ3v) is 9.39. The number of rotatable bonds is 5. The lowest BCUT2D eigenvalue weighted by atomic mass is 9.74. The number of ether oxygens (including phenoxy) is 2. The quantitative estimate of drug-likeness (QED) is 0.200. The molecule has 0 heterocycles. The first-order valence-electron chi connectivity index (χ1n) is 14.1. The van der Waals surface area contributed by atoms with Crippen LogP contribution in [0.4, 0.5) is 0 Å². The molecule has 38 heavy (non-hydrogen) atoms. The Morgan fingerprint density at radius 1 is 0.737 bits per heavy atom. The molecule has 2 aliphatic carbocycles. The number of hydrogen-bond donors (Lipinski definition) is 0. The highest BCUT2D eigenvalue weighted by molar-refractivity contribution is 6.06. The molecule has 0 spiro atoms. The summed E-state index contributed by atoms with van der Waals surface area (Å²) in [4.78, 5) is 11.9. The molecule has 4 atom stereocenters. The third kappa shape index (κ3) is 3.37. The van der Waals surface area contributed by atoms with Gasteiger partial charge in [0, 0.05) is 17.7 Å². The summed E-state index contributed by atoms with van der Waals surface area (Å²) in [5.41, 5.74) is 8.23. The molecule has 0 saturated heterocycles. The van der Waals surface area contributed by atoms with Gasteiger partial charge in [-0.25, -0.2) is 0 Å². The lowest BCUT2D eigenvalue weighted by Crippen LogP contribution is -2.17. The molecule has 2 aliphatic rings. The van der Waals surface area contributed by atoms with Crippen LogP contribution in [0, 0.1) is 11.8 Å². The molecule has 0 N–H and O–H groups in total. The van der Waals surface area contributed by atoms with E-state index >= 15 is 0 Å². The van der Waals surface area contributed by atoms with E-state index in [1.165, 1.54) is 56.5 Å². The molecule has 0 saturated carbocycles. The zero-order chi connectivity index (χ0) is 27.0. The van der Waals surface area contributed by atoms with Gasteiger partial charge in [0.15, 0.2) is 0 Å². The molecule has 3 nitrogen and oxygen atoms in total. The van der Waals surface area contributed by atoms with Crippen molar-refractivity contribution in [2.45, 2.75) is 72.1 Å². The summed E-state index contributed by atoms with van der Waals surface area (Å²) in [6.45, 7) is 15.6. The molecule has 4 unspecified atom stereocenters. The molecular formula is C35H38O3. The average molecular weight is 507 g/mol. The molecule has 0 aromatic heterocycles. The Hall–Kier alpha value is -3.33. The first-order chi connectivity index (χ1) is 18.1. The van der Waals surface area contributed by atoms with E-state index < -0.39 is 0 Å². The van der Waals surface area contributed by atoms with E-state index in [1.807, 2.05) is 6.07 Å². The molecule has 196 valence electrons. The van der Waals surface area contributed by atoms with Crippen LogP contribution in [0.15, 0.2) is 48.5 Å². The summed E-state index contributed by atoms with van der Waals surface area (Å²) < 4.78 is 11.7. The highest BCUT2D eigenvalue weighted by atomic mass is 16.5. The maximum Gasteiger partial charge on any atom is 0.308 e. The molecule has 3 heteroatoms. The van der Waals surface area contributed by atoms with E-state index in [9.17, 15) is 4.79 Å². The van der Waals surface area contributed by atoms with Gasteiger partial charge in [-0.3, -0.25) is 4.79 Å². The van der Waals surface area contributed by atoms with Crippen LogP contribution in [0.25, 0.3) is 32.7 Å². The summed E-state index contributed by atoms with van der Waals surface area (Å²) in [6.07, 6.45) is 0. The van der Waals surface area contributed by atoms with Gasteiger partial charge in [-0.2, -0.15) is 0 Å². The number of hydrogen-bond acceptors (Lipinski definition) is 3. The minimum Gasteiger partial charge on any atom is -0.496 e. The fraction of sp³-hybridized carbons (Fsp3) is 0.400. The van der Waals surface area contributed by atoms with E-state index in [1.54, 1.807) is 7.11 Å². The van der Waals surface area contributed by atoms with Crippen LogP contribution in [0.5, 0.6) is 11.5 Å². The largest absolute Gasteiger partial charge is 0.496 e. The van der Waals surface area contributed by atoms with Crippen LogP contribution >= 0.6 is 0 Å². The van der Waals surface area contributed by atoms with E-state index in [-0.39, 0.29) is 5.97 Å². The van der Waals surface area contributed by atoms with Crippen LogP contribution in [-0.4, -0.2) is 13.1 Å². The monoisotopic (exact) mass is 506 g/mol. The Morgan fingerprint density at radius 3 is 2.08 bits per heavy atom. The highest BCUT2D eigenvalue weighted by Crippen LogP contribution is 2.59. The predicted octanol–water partition coefficient (Wildman–Crippen LogP) is 9.31. The SMILES string of the molecule is COc1cc(-c2ccc3c(OC(C)=O)ccc4c3c2C(C)C4C)c2c3c(cccc13)C(C(C)C)C2C(C)C. The van der Waals surface area contributed by atoms with Crippen LogP contribution in [-0.2, 0) is 4.79 Å². The van der Waals surface area contributed by atoms with Crippen LogP contribution in [0.3, 0.4) is 0 Å². The number of methoxy groups -OCH3 is 1. The number of carbonyl (C=O) groups excluding carboxylic acids is 1. The predicted molar refractivity (Wildman–Crippen MR) is 157 cm³/mol. The van der Waals surface area contributed by atoms with Crippen molar-refractivity contribution in [3.05, 3.63) is 70.8 Å². The minimum absolute atomic E-state index is 0.288. The fourth-order valence-electron chi connectivity index (χ4n) is 7.73. The van der Waals surface area contributed by atoms with E-state index in [4.69, 9.17) is 9.47 Å². The van der Waals surface area contributed by atoms with Crippen LogP contribution in [0.1, 0.15) is 94.4 Å². The van der Waals surface area contributed by atoms with Gasteiger partial charge < -0.3 is 9.47 Å². The van der Waals surface area contributed by atoms with Crippen molar-refractivity contribution < 1.29 is 14.3 Å². The fourth-order valence-corrected chi connectivity index (χ4v) is 7.73. The number of carbonyl (C=O) groups is 1. The average Bonchev–Trinajstić information content (AvgIpc) is 3.36. The van der Waals surface area contributed by atoms with Gasteiger partial charge in [0.25, 0.3) is 0 Å². The van der Waals surface area contributed by atoms with Gasteiger partial charge in [-0.15, -0.1) is 0 Å². The summed E-state index contributed by atoms with van der Waals surface area (Å²) in [5, 5.41) is 4.88. The van der Waals surface area contributed by atoms with Crippen LogP contribution < -0.4 is 9.47 Å². The third-order valence-electron chi connectivity index (χ3n) is 9.39. The molecule has 0 radical (unpaired) electrons. The second kappa shape index (κ2) is 8.86. The molecular weight excluding hydrogens is 468 g/mol. The summed E-state index contributed by atoms with van der Waals surface area (Å²) in [6, 6.07) is 17.6. The first-order valence-corrected chi connectivity index (χ1v) is 14.1. The van der Waals surface area contributed by atoms with Gasteiger partial charge in [-0.1, -0.05) is 71.9 Å². The van der Waals surface area contributed by atoms with Crippen molar-refractivity contribution in [1.82, 2.24) is 0 Å². The first kappa shape index (κ1) is 25.0. The second-order valence-corrected chi connectivity index (χ2v) is 12.1. The molecule has 4 aromatic carbocycles. The van der Waals surface area contributed by atoms with Gasteiger partial charge in [0.1, 0.15) is 11.5 Å². The molecule has 0 bridgehead atoms. The summed E-state index contributed by atoms with van der Waals surface area (Å²) in [7, 11) is 1.79. The lowest BCUT2D eigenvalue weighted by molar-refractivity contribution is -0.131. The van der Waals surface area contributed by atoms with Crippen LogP contribution in [0.2, 0.25) is 0 Å². The van der Waals surface area contributed by atoms with Gasteiger partial charge in [-0.05, 0) is 97.9 Å². The Bertz CT molecular complexity index is 1610. The maximum atomic E-state index is 11.9. The molecule has 0 amide bonds. The summed E-state index contributed by atoms with van der Waals surface area (Å²) in [5.74, 6) is 3.96. The van der Waals surface area contributed by atoms with Gasteiger partial charge >= 0.3 is 5.97 Å². The number of esters is 1. The van der Waals surface area contributed by atoms with E-state index in [0.717, 1.165) is 11.1 Å². The molecule has 0 aliphatic heterocycles. The number of benzene rings is 4. The highest BCUT2D eigenvalue weighted by Gasteiger charge is 2.41. The Morgan fingerprint density at radius 2 is 1.42 bits per heavy atom. The standard InChI is InChI=1S/C35H38O3/c1-17(2)30-26-11-9-10-24-29(37-8)16-27(35(34(24)26)31(30)18(3)4)23-12-13-25-28(38-21(7)36)15-14-22-19(5)20(6)32(23)33(22)25/h9-20,30-31H,1-8H3. The van der Waals surface area contributed by atoms with Crippen molar-refractivity contribution in [3.8, 4) is 22.6 Å². The van der Waals surface area contributed by atoms with E-state index in [0.29, 0.717) is 41.3 Å². The smallest absolute Gasteiger partial charge is 0.308 e. The zero-order valence-electron chi connectivity index (χ0n) is 23.8. The molecule has 0 fully saturated rings. The minimum atomic E-state index is -0.288. The van der Waals surface area contributed by atoms with Crippen molar-refractivity contribution >= 4 is 27.5 Å². The second-order valence-electron chi connectivity index (χ2n) is 12.1. The normalized spacial score (nSPS) is 21.7. The van der Waals surface area contributed by atoms with Crippen molar-refractivity contribution in [1.29, 1.82) is 0 Å². The lowest BCUT2D eigenvalue weighted by Gasteiger charge is -2.30. The zero-order valence-corrected chi connectivity index (χ0v) is 23.8. The van der Waals surface area contributed by atoms with Crippen molar-refractivity contribution in [2.75, 3.05) is 7.11 Å². The maximum absolute atomic E-state index is 11.9. The van der Waals surface area contributed by atoms with Gasteiger partial charge in [0.2, 0.25) is 0 Å². The van der Waals surface area contributed by atoms with E-state index in [2.05, 4.69) is 84.0 Å². The Balaban J connectivity index is 1.73. The summed E-state index contributed by atoms with van der Waals surface area (Å²) >= 11 is 0. The molecule has 6 rings (SSSR count). The van der Waals surface area contributed by atoms with Crippen molar-refractivity contribution in [3.63, 3.8) is 0 Å². The Labute approximate surface area is 226 Å². The Kier molecular flexibility index (Phi) is 5.83. The van der Waals surface area contributed by atoms with Gasteiger partial charge in [0.05, 0.1) is 7.11 Å². The van der Waals surface area contributed by atoms with Crippen molar-refractivity contribution in [2.24, 2.45) is 11.8 Å².